The van der Waals surface area contributed by atoms with Gasteiger partial charge in [0.2, 0.25) is 5.88 Å². The zero-order valence-corrected chi connectivity index (χ0v) is 14.0. The highest BCUT2D eigenvalue weighted by molar-refractivity contribution is 8.02. The topological polar surface area (TPSA) is 94.9 Å². The van der Waals surface area contributed by atoms with E-state index < -0.39 is 5.97 Å². The highest BCUT2D eigenvalue weighted by atomic mass is 32.2. The summed E-state index contributed by atoms with van der Waals surface area (Å²) in [5.41, 5.74) is 0.309. The molecule has 0 unspecified atom stereocenters. The van der Waals surface area contributed by atoms with Crippen LogP contribution in [0.2, 0.25) is 0 Å². The summed E-state index contributed by atoms with van der Waals surface area (Å²) in [7, 11) is 0. The average molecular weight is 337 g/mol. The molecule has 0 atom stereocenters. The molecule has 0 fully saturated rings. The number of hydrogen-bond acceptors (Lipinski definition) is 7. The first-order chi connectivity index (χ1) is 11.1. The van der Waals surface area contributed by atoms with Crippen LogP contribution in [0.15, 0.2) is 22.8 Å². The quantitative estimate of drug-likeness (QED) is 0.584. The molecule has 124 valence electrons. The summed E-state index contributed by atoms with van der Waals surface area (Å²) >= 11 is 1.36. The number of nitrogens with one attached hydrogen (secondary N) is 1. The maximum atomic E-state index is 12.0. The van der Waals surface area contributed by atoms with Crippen LogP contribution < -0.4 is 4.74 Å². The predicted octanol–water partition coefficient (Wildman–Crippen LogP) is 2.43. The van der Waals surface area contributed by atoms with Gasteiger partial charge in [-0.25, -0.2) is 9.48 Å². The zero-order chi connectivity index (χ0) is 16.7. The van der Waals surface area contributed by atoms with Crippen molar-refractivity contribution in [2.75, 3.05) is 13.2 Å². The third kappa shape index (κ3) is 4.85. The molecule has 2 heterocycles. The fourth-order valence-corrected chi connectivity index (χ4v) is 2.12. The Morgan fingerprint density at radius 3 is 2.96 bits per heavy atom. The summed E-state index contributed by atoms with van der Waals surface area (Å²) in [5.74, 6) is 0.242. The van der Waals surface area contributed by atoms with Crippen molar-refractivity contribution in [2.45, 2.75) is 25.8 Å². The summed E-state index contributed by atoms with van der Waals surface area (Å²) < 4.78 is 12.3. The second kappa shape index (κ2) is 8.37. The van der Waals surface area contributed by atoms with Gasteiger partial charge in [0.15, 0.2) is 0 Å². The first-order valence-electron chi connectivity index (χ1n) is 7.18. The molecule has 0 radical (unpaired) electrons. The largest absolute Gasteiger partial charge is 0.477 e. The highest BCUT2D eigenvalue weighted by Crippen LogP contribution is 2.22. The minimum absolute atomic E-state index is 0.297. The molecule has 0 saturated carbocycles. The van der Waals surface area contributed by atoms with Crippen LogP contribution in [0.25, 0.3) is 6.20 Å². The second-order valence-electron chi connectivity index (χ2n) is 4.94. The van der Waals surface area contributed by atoms with Crippen molar-refractivity contribution in [2.24, 2.45) is 5.92 Å². The van der Waals surface area contributed by atoms with Gasteiger partial charge in [0.05, 0.1) is 25.6 Å². The maximum absolute atomic E-state index is 12.0. The lowest BCUT2D eigenvalue weighted by Crippen LogP contribution is -2.11. The van der Waals surface area contributed by atoms with E-state index in [-0.39, 0.29) is 0 Å². The first kappa shape index (κ1) is 17.1. The number of H-pyrrole nitrogens is 1. The summed E-state index contributed by atoms with van der Waals surface area (Å²) in [6, 6.07) is 0. The Labute approximate surface area is 138 Å². The van der Waals surface area contributed by atoms with Crippen LogP contribution in [0.5, 0.6) is 5.88 Å². The van der Waals surface area contributed by atoms with Crippen molar-refractivity contribution >= 4 is 23.9 Å². The molecule has 0 spiro atoms. The van der Waals surface area contributed by atoms with E-state index in [0.29, 0.717) is 30.6 Å². The lowest BCUT2D eigenvalue weighted by Gasteiger charge is -2.10. The number of ether oxygens (including phenoxy) is 2. The number of nitrogens with zero attached hydrogens (tertiary/aromatic N) is 4. The third-order valence-corrected chi connectivity index (χ3v) is 3.28. The predicted molar refractivity (Wildman–Crippen MR) is 86.1 cm³/mol. The Bertz CT molecular complexity index is 651. The number of thioether (sulfide) groups is 1. The van der Waals surface area contributed by atoms with Gasteiger partial charge in [-0.1, -0.05) is 25.6 Å². The van der Waals surface area contributed by atoms with Gasteiger partial charge in [-0.3, -0.25) is 0 Å². The fraction of sp³-hybridized carbons (Fsp3) is 0.429. The highest BCUT2D eigenvalue weighted by Gasteiger charge is 2.19. The molecule has 2 aromatic rings. The van der Waals surface area contributed by atoms with Crippen LogP contribution in [0.3, 0.4) is 0 Å². The number of esters is 1. The van der Waals surface area contributed by atoms with Gasteiger partial charge in [-0.2, -0.15) is 15.4 Å². The number of carbonyl (C=O) groups excluding carboxylic acids is 1. The molecule has 0 aliphatic rings. The average Bonchev–Trinajstić information content (AvgIpc) is 3.15. The molecule has 1 N–H and O–H groups in total. The standard InChI is InChI=1S/C14H19N5O3S/c1-4-21-14(20)11-7-16-19(13(11)22-9-10(2)3)5-6-23-12-8-15-18-17-12/h5-8,10H,4,9H2,1-3H3,(H,15,17,18). The van der Waals surface area contributed by atoms with Gasteiger partial charge in [0, 0.05) is 6.20 Å². The maximum Gasteiger partial charge on any atom is 0.345 e. The molecule has 0 aliphatic heterocycles. The van der Waals surface area contributed by atoms with Crippen LogP contribution in [-0.4, -0.2) is 44.4 Å². The van der Waals surface area contributed by atoms with Crippen molar-refractivity contribution < 1.29 is 14.3 Å². The van der Waals surface area contributed by atoms with E-state index in [1.165, 1.54) is 22.6 Å². The number of aromatic nitrogens is 5. The minimum atomic E-state index is -0.449. The molecule has 2 rings (SSSR count). The minimum Gasteiger partial charge on any atom is -0.477 e. The molecule has 0 saturated heterocycles. The van der Waals surface area contributed by atoms with Crippen molar-refractivity contribution in [1.29, 1.82) is 0 Å². The van der Waals surface area contributed by atoms with E-state index in [1.54, 1.807) is 24.7 Å². The monoisotopic (exact) mass is 337 g/mol. The molecule has 0 aromatic carbocycles. The van der Waals surface area contributed by atoms with E-state index in [4.69, 9.17) is 9.47 Å². The third-order valence-electron chi connectivity index (χ3n) is 2.58. The number of carbonyl (C=O) groups is 1. The van der Waals surface area contributed by atoms with Crippen LogP contribution in [-0.2, 0) is 4.74 Å². The summed E-state index contributed by atoms with van der Waals surface area (Å²) in [5, 5.41) is 16.9. The van der Waals surface area contributed by atoms with Crippen molar-refractivity contribution in [3.8, 4) is 5.88 Å². The van der Waals surface area contributed by atoms with Gasteiger partial charge in [-0.05, 0) is 18.2 Å². The van der Waals surface area contributed by atoms with Gasteiger partial charge >= 0.3 is 5.97 Å². The summed E-state index contributed by atoms with van der Waals surface area (Å²) in [4.78, 5) is 12.0. The second-order valence-corrected chi connectivity index (χ2v) is 5.87. The lowest BCUT2D eigenvalue weighted by molar-refractivity contribution is 0.0520. The number of aromatic amines is 1. The number of hydrogen-bond donors (Lipinski definition) is 1. The van der Waals surface area contributed by atoms with Gasteiger partial charge in [0.25, 0.3) is 0 Å². The molecule has 2 aromatic heterocycles. The Hall–Kier alpha value is -2.29. The lowest BCUT2D eigenvalue weighted by atomic mass is 10.2. The Morgan fingerprint density at radius 1 is 1.48 bits per heavy atom. The van der Waals surface area contributed by atoms with Gasteiger partial charge in [-0.15, -0.1) is 5.10 Å². The molecule has 8 nitrogen and oxygen atoms in total. The fourth-order valence-electron chi connectivity index (χ4n) is 1.60. The molecule has 9 heteroatoms. The molecule has 0 bridgehead atoms. The number of rotatable bonds is 8. The van der Waals surface area contributed by atoms with E-state index in [1.807, 2.05) is 13.8 Å². The van der Waals surface area contributed by atoms with E-state index in [9.17, 15) is 4.79 Å². The van der Waals surface area contributed by atoms with Crippen molar-refractivity contribution in [1.82, 2.24) is 25.2 Å². The van der Waals surface area contributed by atoms with Crippen LogP contribution in [0, 0.1) is 5.92 Å². The molecular formula is C14H19N5O3S. The van der Waals surface area contributed by atoms with Crippen molar-refractivity contribution in [3.05, 3.63) is 23.4 Å². The smallest absolute Gasteiger partial charge is 0.345 e. The zero-order valence-electron chi connectivity index (χ0n) is 13.2. The molecular weight excluding hydrogens is 318 g/mol. The van der Waals surface area contributed by atoms with E-state index >= 15 is 0 Å². The van der Waals surface area contributed by atoms with Crippen LogP contribution in [0.4, 0.5) is 0 Å². The molecule has 0 aliphatic carbocycles. The molecule has 23 heavy (non-hydrogen) atoms. The van der Waals surface area contributed by atoms with Crippen LogP contribution >= 0.6 is 11.8 Å². The summed E-state index contributed by atoms with van der Waals surface area (Å²) in [6.07, 6.45) is 4.74. The normalized spacial score (nSPS) is 11.3. The summed E-state index contributed by atoms with van der Waals surface area (Å²) in [6.45, 7) is 6.58. The Kier molecular flexibility index (Phi) is 6.21. The van der Waals surface area contributed by atoms with Gasteiger partial charge < -0.3 is 9.47 Å². The van der Waals surface area contributed by atoms with Crippen molar-refractivity contribution in [3.63, 3.8) is 0 Å². The molecule has 0 amide bonds. The SMILES string of the molecule is CCOC(=O)c1cnn(C=CSc2cn[nH]n2)c1OCC(C)C. The van der Waals surface area contributed by atoms with E-state index in [2.05, 4.69) is 20.5 Å². The van der Waals surface area contributed by atoms with E-state index in [0.717, 1.165) is 5.03 Å². The Morgan fingerprint density at radius 2 is 2.30 bits per heavy atom. The Balaban J connectivity index is 2.16. The van der Waals surface area contributed by atoms with Gasteiger partial charge in [0.1, 0.15) is 10.6 Å². The van der Waals surface area contributed by atoms with Crippen LogP contribution in [0.1, 0.15) is 31.1 Å². The first-order valence-corrected chi connectivity index (χ1v) is 8.06.